The van der Waals surface area contributed by atoms with E-state index in [0.29, 0.717) is 31.1 Å². The average Bonchev–Trinajstić information content (AvgIpc) is 2.62. The Morgan fingerprint density at radius 1 is 1.30 bits per heavy atom. The van der Waals surface area contributed by atoms with Crippen molar-refractivity contribution in [2.45, 2.75) is 29.9 Å². The van der Waals surface area contributed by atoms with Gasteiger partial charge in [-0.3, -0.25) is 4.79 Å². The number of hydrogen-bond donors (Lipinski definition) is 1. The zero-order chi connectivity index (χ0) is 14.8. The van der Waals surface area contributed by atoms with Gasteiger partial charge in [-0.15, -0.1) is 0 Å². The highest BCUT2D eigenvalue weighted by Crippen LogP contribution is 2.33. The minimum Gasteiger partial charge on any atom is -0.490 e. The van der Waals surface area contributed by atoms with Crippen LogP contribution in [0, 0.1) is 0 Å². The maximum Gasteiger partial charge on any atom is 0.322 e. The third kappa shape index (κ3) is 2.72. The van der Waals surface area contributed by atoms with E-state index in [9.17, 15) is 13.2 Å². The molecular weight excluding hydrogens is 284 g/mol. The van der Waals surface area contributed by atoms with Crippen LogP contribution in [0.5, 0.6) is 11.5 Å². The Balaban J connectivity index is 2.42. The van der Waals surface area contributed by atoms with Crippen LogP contribution in [0.4, 0.5) is 0 Å². The monoisotopic (exact) mass is 300 g/mol. The second-order valence-corrected chi connectivity index (χ2v) is 6.57. The molecule has 0 spiro atoms. The molecule has 0 aromatic heterocycles. The number of ether oxygens (including phenoxy) is 2. The number of carboxylic acid groups (broad SMARTS) is 1. The minimum atomic E-state index is -3.93. The van der Waals surface area contributed by atoms with E-state index in [1.165, 1.54) is 25.1 Å². The molecule has 1 aromatic carbocycles. The molecule has 1 aromatic rings. The highest BCUT2D eigenvalue weighted by atomic mass is 32.2. The minimum absolute atomic E-state index is 0.00606. The Labute approximate surface area is 117 Å². The molecule has 7 heteroatoms. The van der Waals surface area contributed by atoms with Gasteiger partial charge in [0.05, 0.1) is 18.1 Å². The summed E-state index contributed by atoms with van der Waals surface area (Å²) in [7, 11) is -3.93. The summed E-state index contributed by atoms with van der Waals surface area (Å²) in [6.07, 6.45) is 0.718. The molecular formula is C13H16O6S. The van der Waals surface area contributed by atoms with Gasteiger partial charge in [-0.25, -0.2) is 8.42 Å². The Hall–Kier alpha value is -1.76. The van der Waals surface area contributed by atoms with Crippen LogP contribution in [0.3, 0.4) is 0 Å². The van der Waals surface area contributed by atoms with Gasteiger partial charge in [-0.1, -0.05) is 6.92 Å². The summed E-state index contributed by atoms with van der Waals surface area (Å²) in [6.45, 7) is 2.47. The van der Waals surface area contributed by atoms with E-state index in [1.54, 1.807) is 0 Å². The van der Waals surface area contributed by atoms with Crippen LogP contribution >= 0.6 is 0 Å². The van der Waals surface area contributed by atoms with Crippen LogP contribution in [0.2, 0.25) is 0 Å². The Morgan fingerprint density at radius 2 is 1.95 bits per heavy atom. The Bertz CT molecular complexity index is 607. The molecule has 1 N–H and O–H groups in total. The van der Waals surface area contributed by atoms with Crippen molar-refractivity contribution in [3.63, 3.8) is 0 Å². The van der Waals surface area contributed by atoms with Gasteiger partial charge in [0.15, 0.2) is 26.6 Å². The lowest BCUT2D eigenvalue weighted by Gasteiger charge is -2.13. The zero-order valence-electron chi connectivity index (χ0n) is 11.0. The molecule has 2 rings (SSSR count). The van der Waals surface area contributed by atoms with Crippen LogP contribution in [-0.4, -0.2) is 38.0 Å². The molecule has 0 bridgehead atoms. The summed E-state index contributed by atoms with van der Waals surface area (Å²) in [5, 5.41) is 7.57. The smallest absolute Gasteiger partial charge is 0.322 e. The van der Waals surface area contributed by atoms with Gasteiger partial charge in [0.25, 0.3) is 0 Å². The first kappa shape index (κ1) is 14.6. The largest absolute Gasteiger partial charge is 0.490 e. The van der Waals surface area contributed by atoms with Gasteiger partial charge in [0.2, 0.25) is 0 Å². The van der Waals surface area contributed by atoms with Crippen molar-refractivity contribution >= 4 is 15.8 Å². The van der Waals surface area contributed by atoms with Crippen molar-refractivity contribution in [3.8, 4) is 11.5 Å². The van der Waals surface area contributed by atoms with Crippen molar-refractivity contribution < 1.29 is 27.8 Å². The molecule has 1 heterocycles. The zero-order valence-corrected chi connectivity index (χ0v) is 11.9. The van der Waals surface area contributed by atoms with E-state index in [-0.39, 0.29) is 11.3 Å². The maximum atomic E-state index is 12.3. The molecule has 0 radical (unpaired) electrons. The summed E-state index contributed by atoms with van der Waals surface area (Å²) in [5.41, 5.74) is 0. The van der Waals surface area contributed by atoms with Gasteiger partial charge in [-0.2, -0.15) is 0 Å². The number of benzene rings is 1. The van der Waals surface area contributed by atoms with Gasteiger partial charge in [0.1, 0.15) is 0 Å². The van der Waals surface area contributed by atoms with Gasteiger partial charge in [0, 0.05) is 12.5 Å². The summed E-state index contributed by atoms with van der Waals surface area (Å²) in [5.74, 6) is -0.534. The molecule has 0 saturated heterocycles. The fourth-order valence-electron chi connectivity index (χ4n) is 2.01. The lowest BCUT2D eigenvalue weighted by atomic mass is 10.3. The van der Waals surface area contributed by atoms with E-state index in [4.69, 9.17) is 14.6 Å². The molecule has 0 saturated carbocycles. The number of fused-ring (bicyclic) bond motifs is 1. The van der Waals surface area contributed by atoms with Gasteiger partial charge < -0.3 is 14.6 Å². The summed E-state index contributed by atoms with van der Waals surface area (Å²) in [6, 6.07) is 4.19. The predicted octanol–water partition coefficient (Wildman–Crippen LogP) is 1.48. The molecule has 0 fully saturated rings. The van der Waals surface area contributed by atoms with E-state index < -0.39 is 21.1 Å². The van der Waals surface area contributed by atoms with Gasteiger partial charge >= 0.3 is 5.97 Å². The Morgan fingerprint density at radius 3 is 2.55 bits per heavy atom. The molecule has 20 heavy (non-hydrogen) atoms. The first-order valence-electron chi connectivity index (χ1n) is 6.33. The van der Waals surface area contributed by atoms with Crippen molar-refractivity contribution in [3.05, 3.63) is 18.2 Å². The topological polar surface area (TPSA) is 89.9 Å². The third-order valence-electron chi connectivity index (χ3n) is 3.07. The molecule has 0 amide bonds. The number of rotatable bonds is 4. The number of aliphatic carboxylic acids is 1. The van der Waals surface area contributed by atoms with E-state index >= 15 is 0 Å². The Kier molecular flexibility index (Phi) is 4.17. The summed E-state index contributed by atoms with van der Waals surface area (Å²) in [4.78, 5) is 11.0. The van der Waals surface area contributed by atoms with Crippen LogP contribution in [0.25, 0.3) is 0 Å². The second-order valence-electron chi connectivity index (χ2n) is 4.44. The highest BCUT2D eigenvalue weighted by molar-refractivity contribution is 7.92. The highest BCUT2D eigenvalue weighted by Gasteiger charge is 2.33. The molecule has 1 aliphatic heterocycles. The van der Waals surface area contributed by atoms with Gasteiger partial charge in [-0.05, 0) is 18.6 Å². The first-order valence-corrected chi connectivity index (χ1v) is 7.87. The second kappa shape index (κ2) is 5.70. The lowest BCUT2D eigenvalue weighted by Crippen LogP contribution is -2.29. The quantitative estimate of drug-likeness (QED) is 0.906. The molecule has 0 aliphatic carbocycles. The number of carboxylic acids is 1. The van der Waals surface area contributed by atoms with Crippen LogP contribution < -0.4 is 9.47 Å². The SMILES string of the molecule is CCC(C(=O)O)S(=O)(=O)c1ccc2c(c1)OCCCO2. The van der Waals surface area contributed by atoms with Crippen LogP contribution in [-0.2, 0) is 14.6 Å². The number of sulfone groups is 1. The third-order valence-corrected chi connectivity index (χ3v) is 5.26. The predicted molar refractivity (Wildman–Crippen MR) is 70.9 cm³/mol. The molecule has 110 valence electrons. The number of hydrogen-bond acceptors (Lipinski definition) is 5. The molecule has 6 nitrogen and oxygen atoms in total. The van der Waals surface area contributed by atoms with Crippen LogP contribution in [0.1, 0.15) is 19.8 Å². The maximum absolute atomic E-state index is 12.3. The van der Waals surface area contributed by atoms with Crippen molar-refractivity contribution in [2.24, 2.45) is 0 Å². The first-order chi connectivity index (χ1) is 9.46. The fourth-order valence-corrected chi connectivity index (χ4v) is 3.57. The van der Waals surface area contributed by atoms with E-state index in [0.717, 1.165) is 0 Å². The standard InChI is InChI=1S/C13H16O6S/c1-2-12(13(14)15)20(16,17)9-4-5-10-11(8-9)19-7-3-6-18-10/h4-5,8,12H,2-3,6-7H2,1H3,(H,14,15). The van der Waals surface area contributed by atoms with Crippen molar-refractivity contribution in [2.75, 3.05) is 13.2 Å². The normalized spacial score (nSPS) is 16.2. The van der Waals surface area contributed by atoms with Crippen molar-refractivity contribution in [1.29, 1.82) is 0 Å². The lowest BCUT2D eigenvalue weighted by molar-refractivity contribution is -0.136. The van der Waals surface area contributed by atoms with E-state index in [2.05, 4.69) is 0 Å². The summed E-state index contributed by atoms with van der Waals surface area (Å²) < 4.78 is 35.4. The number of carbonyl (C=O) groups is 1. The van der Waals surface area contributed by atoms with E-state index in [1.807, 2.05) is 0 Å². The summed E-state index contributed by atoms with van der Waals surface area (Å²) >= 11 is 0. The molecule has 1 aliphatic rings. The van der Waals surface area contributed by atoms with Crippen molar-refractivity contribution in [1.82, 2.24) is 0 Å². The molecule has 1 atom stereocenters. The van der Waals surface area contributed by atoms with Crippen LogP contribution in [0.15, 0.2) is 23.1 Å². The fraction of sp³-hybridized carbons (Fsp3) is 0.462. The average molecular weight is 300 g/mol. The molecule has 1 unspecified atom stereocenters.